The van der Waals surface area contributed by atoms with Crippen molar-refractivity contribution in [2.24, 2.45) is 5.92 Å². The zero-order chi connectivity index (χ0) is 30.8. The third-order valence-corrected chi connectivity index (χ3v) is 7.36. The van der Waals surface area contributed by atoms with Crippen LogP contribution in [0.5, 0.6) is 0 Å². The molecule has 8 nitrogen and oxygen atoms in total. The van der Waals surface area contributed by atoms with Crippen LogP contribution in [0.2, 0.25) is 0 Å². The van der Waals surface area contributed by atoms with E-state index in [9.17, 15) is 14.0 Å². The average Bonchev–Trinajstić information content (AvgIpc) is 2.95. The van der Waals surface area contributed by atoms with Gasteiger partial charge in [0.25, 0.3) is 0 Å². The SMILES string of the molecule is CCCCCC(CCCCC)NCCOCCOCCNC(=O)COC(C)(C)C(F)CNC(=O)C(CCC)CCC. The highest BCUT2D eigenvalue weighted by Crippen LogP contribution is 2.19. The Morgan fingerprint density at radius 1 is 0.732 bits per heavy atom. The summed E-state index contributed by atoms with van der Waals surface area (Å²) in [6.45, 7) is 14.5. The molecule has 0 aliphatic heterocycles. The first-order chi connectivity index (χ1) is 19.7. The summed E-state index contributed by atoms with van der Waals surface area (Å²) in [5, 5.41) is 9.08. The number of hydrogen-bond acceptors (Lipinski definition) is 6. The zero-order valence-electron chi connectivity index (χ0n) is 27.3. The predicted molar refractivity (Wildman–Crippen MR) is 166 cm³/mol. The number of nitrogens with one attached hydrogen (secondary N) is 3. The molecule has 0 spiro atoms. The van der Waals surface area contributed by atoms with Crippen molar-refractivity contribution in [3.63, 3.8) is 0 Å². The molecule has 0 aromatic heterocycles. The Kier molecular flexibility index (Phi) is 25.5. The van der Waals surface area contributed by atoms with Gasteiger partial charge in [-0.1, -0.05) is 79.1 Å². The van der Waals surface area contributed by atoms with Gasteiger partial charge in [-0.25, -0.2) is 4.39 Å². The molecule has 0 saturated carbocycles. The molecule has 0 bridgehead atoms. The molecule has 0 aromatic carbocycles. The van der Waals surface area contributed by atoms with Gasteiger partial charge in [-0.05, 0) is 39.5 Å². The Morgan fingerprint density at radius 2 is 1.29 bits per heavy atom. The van der Waals surface area contributed by atoms with Gasteiger partial charge in [0.05, 0.1) is 38.6 Å². The smallest absolute Gasteiger partial charge is 0.246 e. The molecule has 0 aliphatic carbocycles. The van der Waals surface area contributed by atoms with Crippen molar-refractivity contribution >= 4 is 11.8 Å². The van der Waals surface area contributed by atoms with Crippen molar-refractivity contribution in [3.05, 3.63) is 0 Å². The summed E-state index contributed by atoms with van der Waals surface area (Å²) in [4.78, 5) is 24.5. The fourth-order valence-electron chi connectivity index (χ4n) is 4.63. The van der Waals surface area contributed by atoms with E-state index in [1.165, 1.54) is 51.4 Å². The number of ether oxygens (including phenoxy) is 3. The fourth-order valence-corrected chi connectivity index (χ4v) is 4.63. The minimum atomic E-state index is -1.44. The Labute approximate surface area is 251 Å². The Bertz CT molecular complexity index is 622. The molecule has 1 atom stereocenters. The molecule has 9 heteroatoms. The lowest BCUT2D eigenvalue weighted by molar-refractivity contribution is -0.137. The van der Waals surface area contributed by atoms with Crippen LogP contribution >= 0.6 is 0 Å². The van der Waals surface area contributed by atoms with Gasteiger partial charge >= 0.3 is 0 Å². The van der Waals surface area contributed by atoms with E-state index in [2.05, 4.69) is 29.8 Å². The maximum atomic E-state index is 14.8. The van der Waals surface area contributed by atoms with Gasteiger partial charge in [0.1, 0.15) is 12.8 Å². The van der Waals surface area contributed by atoms with Crippen LogP contribution in [0.4, 0.5) is 4.39 Å². The lowest BCUT2D eigenvalue weighted by Crippen LogP contribution is -2.46. The van der Waals surface area contributed by atoms with Crippen molar-refractivity contribution in [2.75, 3.05) is 52.7 Å². The maximum absolute atomic E-state index is 14.8. The van der Waals surface area contributed by atoms with Gasteiger partial charge in [-0.15, -0.1) is 0 Å². The molecule has 0 rings (SSSR count). The van der Waals surface area contributed by atoms with Gasteiger partial charge in [0.2, 0.25) is 11.8 Å². The highest BCUT2D eigenvalue weighted by Gasteiger charge is 2.32. The van der Waals surface area contributed by atoms with Gasteiger partial charge in [0.15, 0.2) is 0 Å². The maximum Gasteiger partial charge on any atom is 0.246 e. The van der Waals surface area contributed by atoms with Crippen LogP contribution in [0.1, 0.15) is 119 Å². The molecule has 0 fully saturated rings. The molecule has 0 saturated heterocycles. The van der Waals surface area contributed by atoms with E-state index in [1.54, 1.807) is 13.8 Å². The molecule has 41 heavy (non-hydrogen) atoms. The molecule has 0 aromatic rings. The fraction of sp³-hybridized carbons (Fsp3) is 0.938. The van der Waals surface area contributed by atoms with Crippen molar-refractivity contribution in [1.29, 1.82) is 0 Å². The number of hydrogen-bond donors (Lipinski definition) is 3. The predicted octanol–water partition coefficient (Wildman–Crippen LogP) is 5.72. The minimum Gasteiger partial charge on any atom is -0.378 e. The van der Waals surface area contributed by atoms with Crippen LogP contribution in [0.3, 0.4) is 0 Å². The van der Waals surface area contributed by atoms with Crippen LogP contribution in [0, 0.1) is 5.92 Å². The Morgan fingerprint density at radius 3 is 1.83 bits per heavy atom. The second kappa shape index (κ2) is 26.3. The third-order valence-electron chi connectivity index (χ3n) is 7.36. The topological polar surface area (TPSA) is 97.9 Å². The van der Waals surface area contributed by atoms with E-state index in [4.69, 9.17) is 14.2 Å². The molecule has 0 heterocycles. The van der Waals surface area contributed by atoms with Crippen molar-refractivity contribution in [2.45, 2.75) is 136 Å². The van der Waals surface area contributed by atoms with E-state index in [1.807, 2.05) is 13.8 Å². The third kappa shape index (κ3) is 22.0. The number of carbonyl (C=O) groups excluding carboxylic acids is 2. The number of amides is 2. The Balaban J connectivity index is 3.95. The molecule has 1 unspecified atom stereocenters. The molecule has 2 amide bonds. The highest BCUT2D eigenvalue weighted by atomic mass is 19.1. The number of unbranched alkanes of at least 4 members (excludes halogenated alkanes) is 4. The largest absolute Gasteiger partial charge is 0.378 e. The van der Waals surface area contributed by atoms with Crippen molar-refractivity contribution in [3.8, 4) is 0 Å². The molecule has 0 aliphatic rings. The monoisotopic (exact) mass is 589 g/mol. The second-order valence-corrected chi connectivity index (χ2v) is 11.6. The summed E-state index contributed by atoms with van der Waals surface area (Å²) < 4.78 is 31.5. The first-order valence-corrected chi connectivity index (χ1v) is 16.4. The van der Waals surface area contributed by atoms with Crippen molar-refractivity contribution in [1.82, 2.24) is 16.0 Å². The number of rotatable bonds is 29. The van der Waals surface area contributed by atoms with E-state index < -0.39 is 11.8 Å². The van der Waals surface area contributed by atoms with Gasteiger partial charge in [-0.3, -0.25) is 9.59 Å². The van der Waals surface area contributed by atoms with Gasteiger partial charge in [0, 0.05) is 25.0 Å². The summed E-state index contributed by atoms with van der Waals surface area (Å²) in [6.07, 6.45) is 12.1. The summed E-state index contributed by atoms with van der Waals surface area (Å²) in [6, 6.07) is 0.580. The van der Waals surface area contributed by atoms with Crippen LogP contribution in [0.25, 0.3) is 0 Å². The molecule has 3 N–H and O–H groups in total. The number of halogens is 1. The van der Waals surface area contributed by atoms with E-state index in [0.717, 1.165) is 32.2 Å². The van der Waals surface area contributed by atoms with Gasteiger partial charge in [-0.2, -0.15) is 0 Å². The minimum absolute atomic E-state index is 0.0873. The number of carbonyl (C=O) groups is 2. The summed E-state index contributed by atoms with van der Waals surface area (Å²) >= 11 is 0. The van der Waals surface area contributed by atoms with Crippen LogP contribution < -0.4 is 16.0 Å². The molecular weight excluding hydrogens is 525 g/mol. The van der Waals surface area contributed by atoms with Crippen molar-refractivity contribution < 1.29 is 28.2 Å². The average molecular weight is 590 g/mol. The zero-order valence-corrected chi connectivity index (χ0v) is 27.3. The second-order valence-electron chi connectivity index (χ2n) is 11.6. The standard InChI is InChI=1S/C32H64FN3O5/c1-7-11-13-17-28(18-14-12-8-2)34-19-21-39-23-24-40-22-20-35-30(37)26-41-32(5,6)29(33)25-36-31(38)27(15-9-3)16-10-4/h27-29,34H,7-26H2,1-6H3,(H,35,37)(H,36,38). The van der Waals surface area contributed by atoms with Crippen LogP contribution in [-0.2, 0) is 23.8 Å². The number of alkyl halides is 1. The summed E-state index contributed by atoms with van der Waals surface area (Å²) in [5.74, 6) is -0.536. The van der Waals surface area contributed by atoms with E-state index >= 15 is 0 Å². The lowest BCUT2D eigenvalue weighted by Gasteiger charge is -2.29. The van der Waals surface area contributed by atoms with Gasteiger partial charge < -0.3 is 30.2 Å². The summed E-state index contributed by atoms with van der Waals surface area (Å²) in [5.41, 5.74) is -1.21. The highest BCUT2D eigenvalue weighted by molar-refractivity contribution is 5.78. The normalized spacial score (nSPS) is 12.7. The Hall–Kier alpha value is -1.29. The van der Waals surface area contributed by atoms with E-state index in [-0.39, 0.29) is 30.9 Å². The van der Waals surface area contributed by atoms with Crippen LogP contribution in [-0.4, -0.2) is 82.3 Å². The quantitative estimate of drug-likeness (QED) is 0.0966. The van der Waals surface area contributed by atoms with E-state index in [0.29, 0.717) is 39.0 Å². The first-order valence-electron chi connectivity index (χ1n) is 16.4. The molecular formula is C32H64FN3O5. The van der Waals surface area contributed by atoms with Crippen LogP contribution in [0.15, 0.2) is 0 Å². The summed E-state index contributed by atoms with van der Waals surface area (Å²) in [7, 11) is 0. The lowest BCUT2D eigenvalue weighted by atomic mass is 9.97. The first kappa shape index (κ1) is 39.7. The molecule has 0 radical (unpaired) electrons. The molecule has 244 valence electrons.